The Hall–Kier alpha value is -1.37. The number of carboxylic acid groups (broad SMARTS) is 1. The predicted molar refractivity (Wildman–Crippen MR) is 82.1 cm³/mol. The van der Waals surface area contributed by atoms with Crippen molar-refractivity contribution in [3.8, 4) is 5.69 Å². The average Bonchev–Trinajstić information content (AvgIpc) is 2.67. The minimum atomic E-state index is -0.988. The van der Waals surface area contributed by atoms with Gasteiger partial charge in [0.25, 0.3) is 0 Å². The highest BCUT2D eigenvalue weighted by molar-refractivity contribution is 14.1. The van der Waals surface area contributed by atoms with Gasteiger partial charge in [-0.2, -0.15) is 5.10 Å². The van der Waals surface area contributed by atoms with E-state index in [1.165, 1.54) is 0 Å². The van der Waals surface area contributed by atoms with Gasteiger partial charge in [-0.15, -0.1) is 0 Å². The lowest BCUT2D eigenvalue weighted by Gasteiger charge is -2.11. The van der Waals surface area contributed by atoms with Gasteiger partial charge >= 0.3 is 5.97 Å². The molecular formula is C14H15IN2O2. The first kappa shape index (κ1) is 14.0. The van der Waals surface area contributed by atoms with Crippen LogP contribution >= 0.6 is 22.6 Å². The van der Waals surface area contributed by atoms with Gasteiger partial charge in [-0.1, -0.05) is 26.0 Å². The number of nitrogens with zero attached hydrogens (tertiary/aromatic N) is 2. The first-order valence-electron chi connectivity index (χ1n) is 6.00. The molecule has 2 aromatic rings. The molecule has 0 amide bonds. The minimum absolute atomic E-state index is 0.116. The second kappa shape index (κ2) is 5.32. The van der Waals surface area contributed by atoms with E-state index in [1.54, 1.807) is 4.68 Å². The molecule has 0 saturated heterocycles. The van der Waals surface area contributed by atoms with Crippen molar-refractivity contribution in [2.45, 2.75) is 26.7 Å². The van der Waals surface area contributed by atoms with Crippen molar-refractivity contribution in [3.63, 3.8) is 0 Å². The van der Waals surface area contributed by atoms with Gasteiger partial charge in [-0.05, 0) is 53.1 Å². The molecule has 0 aliphatic heterocycles. The van der Waals surface area contributed by atoms with E-state index >= 15 is 0 Å². The van der Waals surface area contributed by atoms with Gasteiger partial charge in [0.15, 0.2) is 5.69 Å². The molecule has 1 aromatic carbocycles. The molecule has 0 radical (unpaired) electrons. The summed E-state index contributed by atoms with van der Waals surface area (Å²) in [6.07, 6.45) is 0. The van der Waals surface area contributed by atoms with Gasteiger partial charge in [0.1, 0.15) is 0 Å². The van der Waals surface area contributed by atoms with Gasteiger partial charge < -0.3 is 5.11 Å². The number of hydrogen-bond acceptors (Lipinski definition) is 2. The zero-order valence-corrected chi connectivity index (χ0v) is 13.2. The summed E-state index contributed by atoms with van der Waals surface area (Å²) in [6, 6.07) is 7.89. The van der Waals surface area contributed by atoms with Crippen LogP contribution in [0.2, 0.25) is 0 Å². The van der Waals surface area contributed by atoms with E-state index in [9.17, 15) is 9.90 Å². The zero-order chi connectivity index (χ0) is 14.2. The van der Waals surface area contributed by atoms with Crippen molar-refractivity contribution in [1.82, 2.24) is 9.78 Å². The molecule has 0 atom stereocenters. The molecule has 5 heteroatoms. The molecule has 1 aromatic heterocycles. The summed E-state index contributed by atoms with van der Waals surface area (Å²) in [5, 5.41) is 13.5. The maximum atomic E-state index is 11.2. The largest absolute Gasteiger partial charge is 0.476 e. The fourth-order valence-electron chi connectivity index (χ4n) is 2.00. The second-order valence-electron chi connectivity index (χ2n) is 4.76. The number of aromatic carboxylic acids is 1. The number of hydrogen-bond donors (Lipinski definition) is 1. The van der Waals surface area contributed by atoms with E-state index in [2.05, 4.69) is 27.7 Å². The monoisotopic (exact) mass is 370 g/mol. The lowest BCUT2D eigenvalue weighted by molar-refractivity contribution is 0.0689. The topological polar surface area (TPSA) is 55.1 Å². The predicted octanol–water partition coefficient (Wildman–Crippen LogP) is 3.61. The Morgan fingerprint density at radius 3 is 2.63 bits per heavy atom. The first-order valence-corrected chi connectivity index (χ1v) is 7.08. The van der Waals surface area contributed by atoms with Crippen LogP contribution in [0.3, 0.4) is 0 Å². The molecule has 0 aliphatic rings. The SMILES string of the molecule is Cc1cccc(-n2nc(C(=O)O)c(I)c2C(C)C)c1. The van der Waals surface area contributed by atoms with E-state index in [0.29, 0.717) is 3.57 Å². The van der Waals surface area contributed by atoms with Crippen LogP contribution < -0.4 is 0 Å². The van der Waals surface area contributed by atoms with Gasteiger partial charge in [-0.3, -0.25) is 0 Å². The van der Waals surface area contributed by atoms with Crippen LogP contribution in [-0.2, 0) is 0 Å². The third-order valence-corrected chi connectivity index (χ3v) is 3.92. The highest BCUT2D eigenvalue weighted by Gasteiger charge is 2.23. The van der Waals surface area contributed by atoms with Gasteiger partial charge in [-0.25, -0.2) is 9.48 Å². The van der Waals surface area contributed by atoms with Crippen molar-refractivity contribution in [3.05, 3.63) is 44.8 Å². The van der Waals surface area contributed by atoms with Crippen LogP contribution in [0.5, 0.6) is 0 Å². The van der Waals surface area contributed by atoms with Crippen molar-refractivity contribution in [2.24, 2.45) is 0 Å². The molecule has 4 nitrogen and oxygen atoms in total. The zero-order valence-electron chi connectivity index (χ0n) is 11.0. The van der Waals surface area contributed by atoms with Crippen LogP contribution in [-0.4, -0.2) is 20.9 Å². The number of aromatic nitrogens is 2. The molecule has 0 aliphatic carbocycles. The number of halogens is 1. The third-order valence-electron chi connectivity index (χ3n) is 2.86. The normalized spacial score (nSPS) is 11.0. The summed E-state index contributed by atoms with van der Waals surface area (Å²) in [5.41, 5.74) is 3.07. The van der Waals surface area contributed by atoms with Crippen LogP contribution in [0, 0.1) is 10.5 Å². The maximum Gasteiger partial charge on any atom is 0.357 e. The maximum absolute atomic E-state index is 11.2. The summed E-state index contributed by atoms with van der Waals surface area (Å²) in [6.45, 7) is 6.08. The molecular weight excluding hydrogens is 355 g/mol. The van der Waals surface area contributed by atoms with Gasteiger partial charge in [0.05, 0.1) is 15.0 Å². The molecule has 1 N–H and O–H groups in total. The van der Waals surface area contributed by atoms with Crippen molar-refractivity contribution < 1.29 is 9.90 Å². The molecule has 0 fully saturated rings. The van der Waals surface area contributed by atoms with Crippen LogP contribution in [0.15, 0.2) is 24.3 Å². The second-order valence-corrected chi connectivity index (χ2v) is 5.84. The average molecular weight is 370 g/mol. The summed E-state index contributed by atoms with van der Waals surface area (Å²) >= 11 is 2.06. The lowest BCUT2D eigenvalue weighted by atomic mass is 10.1. The van der Waals surface area contributed by atoms with E-state index in [4.69, 9.17) is 0 Å². The van der Waals surface area contributed by atoms with Crippen LogP contribution in [0.4, 0.5) is 0 Å². The fourth-order valence-corrected chi connectivity index (χ4v) is 3.19. The minimum Gasteiger partial charge on any atom is -0.476 e. The third kappa shape index (κ3) is 2.65. The molecule has 100 valence electrons. The Balaban J connectivity index is 2.69. The number of aryl methyl sites for hydroxylation is 1. The Labute approximate surface area is 125 Å². The van der Waals surface area contributed by atoms with E-state index in [1.807, 2.05) is 45.0 Å². The van der Waals surface area contributed by atoms with Crippen LogP contribution in [0.1, 0.15) is 41.5 Å². The first-order chi connectivity index (χ1) is 8.91. The standard InChI is InChI=1S/C14H15IN2O2/c1-8(2)13-11(15)12(14(18)19)16-17(13)10-6-4-5-9(3)7-10/h4-8H,1-3H3,(H,18,19). The molecule has 0 saturated carbocycles. The summed E-state index contributed by atoms with van der Waals surface area (Å²) in [7, 11) is 0. The van der Waals surface area contributed by atoms with Crippen molar-refractivity contribution >= 4 is 28.6 Å². The molecule has 0 spiro atoms. The van der Waals surface area contributed by atoms with Gasteiger partial charge in [0.2, 0.25) is 0 Å². The van der Waals surface area contributed by atoms with Crippen molar-refractivity contribution in [1.29, 1.82) is 0 Å². The number of rotatable bonds is 3. The highest BCUT2D eigenvalue weighted by Crippen LogP contribution is 2.27. The Morgan fingerprint density at radius 1 is 1.42 bits per heavy atom. The highest BCUT2D eigenvalue weighted by atomic mass is 127. The number of benzene rings is 1. The number of carbonyl (C=O) groups is 1. The van der Waals surface area contributed by atoms with Crippen molar-refractivity contribution in [2.75, 3.05) is 0 Å². The summed E-state index contributed by atoms with van der Waals surface area (Å²) in [4.78, 5) is 11.2. The Kier molecular flexibility index (Phi) is 3.93. The number of carboxylic acids is 1. The quantitative estimate of drug-likeness (QED) is 0.840. The lowest BCUT2D eigenvalue weighted by Crippen LogP contribution is -2.05. The fraction of sp³-hybridized carbons (Fsp3) is 0.286. The molecule has 2 rings (SSSR count). The smallest absolute Gasteiger partial charge is 0.357 e. The van der Waals surface area contributed by atoms with E-state index in [0.717, 1.165) is 16.9 Å². The van der Waals surface area contributed by atoms with Crippen LogP contribution in [0.25, 0.3) is 5.69 Å². The molecule has 19 heavy (non-hydrogen) atoms. The molecule has 0 bridgehead atoms. The van der Waals surface area contributed by atoms with E-state index < -0.39 is 5.97 Å². The molecule has 0 unspecified atom stereocenters. The molecule has 1 heterocycles. The Bertz CT molecular complexity index is 632. The summed E-state index contributed by atoms with van der Waals surface area (Å²) in [5.74, 6) is -0.786. The van der Waals surface area contributed by atoms with E-state index in [-0.39, 0.29) is 11.6 Å². The van der Waals surface area contributed by atoms with Gasteiger partial charge in [0, 0.05) is 0 Å². The summed E-state index contributed by atoms with van der Waals surface area (Å²) < 4.78 is 2.45. The Morgan fingerprint density at radius 2 is 2.11 bits per heavy atom.